The average Bonchev–Trinajstić information content (AvgIpc) is 2.94. The highest BCUT2D eigenvalue weighted by Crippen LogP contribution is 2.41. The van der Waals surface area contributed by atoms with Crippen molar-refractivity contribution in [2.45, 2.75) is 50.6 Å². The number of piperidine rings is 1. The van der Waals surface area contributed by atoms with E-state index in [0.717, 1.165) is 0 Å². The Bertz CT molecular complexity index is 1500. The fourth-order valence-electron chi connectivity index (χ4n) is 5.65. The second-order valence-corrected chi connectivity index (χ2v) is 10.8. The van der Waals surface area contributed by atoms with Crippen molar-refractivity contribution in [3.8, 4) is 17.6 Å². The normalized spacial score (nSPS) is 18.6. The zero-order valence-electron chi connectivity index (χ0n) is 23.2. The molecule has 12 heteroatoms. The van der Waals surface area contributed by atoms with Gasteiger partial charge in [0.25, 0.3) is 0 Å². The molecule has 0 amide bonds. The molecule has 6 nitrogen and oxygen atoms in total. The number of nitrogens with zero attached hydrogens (tertiary/aromatic N) is 2. The van der Waals surface area contributed by atoms with E-state index in [0.29, 0.717) is 66.7 Å². The molecule has 1 aliphatic heterocycles. The lowest BCUT2D eigenvalue weighted by molar-refractivity contribution is -0.143. The molecule has 2 aromatic carbocycles. The van der Waals surface area contributed by atoms with Crippen LogP contribution in [-0.2, 0) is 17.1 Å². The van der Waals surface area contributed by atoms with Gasteiger partial charge in [-0.15, -0.1) is 0 Å². The number of pyridine rings is 1. The van der Waals surface area contributed by atoms with Crippen LogP contribution in [0.5, 0.6) is 5.75 Å². The predicted molar refractivity (Wildman–Crippen MR) is 146 cm³/mol. The molecule has 1 aromatic heterocycles. The number of rotatable bonds is 8. The van der Waals surface area contributed by atoms with E-state index in [4.69, 9.17) is 4.74 Å². The molecule has 1 unspecified atom stereocenters. The van der Waals surface area contributed by atoms with Gasteiger partial charge in [-0.05, 0) is 85.7 Å². The summed E-state index contributed by atoms with van der Waals surface area (Å²) in [6, 6.07) is 8.22. The van der Waals surface area contributed by atoms with Crippen LogP contribution in [0.2, 0.25) is 0 Å². The lowest BCUT2D eigenvalue weighted by atomic mass is 9.73. The Kier molecular flexibility index (Phi) is 9.57. The van der Waals surface area contributed by atoms with E-state index in [1.165, 1.54) is 7.11 Å². The molecule has 230 valence electrons. The monoisotopic (exact) mass is 608 g/mol. The number of aliphatic carboxylic acids is 1. The van der Waals surface area contributed by atoms with Crippen LogP contribution in [0.4, 0.5) is 26.3 Å². The highest BCUT2D eigenvalue weighted by Gasteiger charge is 2.38. The second-order valence-electron chi connectivity index (χ2n) is 10.8. The number of halogens is 6. The van der Waals surface area contributed by atoms with Crippen LogP contribution in [-0.4, -0.2) is 52.8 Å². The Morgan fingerprint density at radius 2 is 1.79 bits per heavy atom. The Hall–Kier alpha value is -3.82. The van der Waals surface area contributed by atoms with Gasteiger partial charge in [0.2, 0.25) is 0 Å². The van der Waals surface area contributed by atoms with Crippen molar-refractivity contribution < 1.29 is 46.1 Å². The first-order valence-corrected chi connectivity index (χ1v) is 13.5. The molecule has 0 aliphatic carbocycles. The van der Waals surface area contributed by atoms with Gasteiger partial charge in [-0.1, -0.05) is 11.8 Å². The smallest absolute Gasteiger partial charge is 0.416 e. The number of aromatic nitrogens is 1. The number of ether oxygens (including phenoxy) is 1. The highest BCUT2D eigenvalue weighted by molar-refractivity contribution is 5.83. The molecule has 1 aliphatic rings. The maximum atomic E-state index is 13.2. The number of alkyl halides is 6. The number of methoxy groups -OCH3 is 1. The van der Waals surface area contributed by atoms with E-state index in [2.05, 4.69) is 16.8 Å². The number of aliphatic hydroxyl groups excluding tert-OH is 1. The van der Waals surface area contributed by atoms with Crippen molar-refractivity contribution in [3.63, 3.8) is 0 Å². The quantitative estimate of drug-likeness (QED) is 0.219. The van der Waals surface area contributed by atoms with Crippen molar-refractivity contribution in [1.82, 2.24) is 9.88 Å². The molecule has 2 N–H and O–H groups in total. The standard InChI is InChI=1S/C31H30F6N2O4/c1-43-23-5-6-26-25(17-23)24(8-11-38-26)27(40)7-10-29(18-28(41)42)9-3-13-39(19-29)12-2-4-20-14-21(30(32,33)34)16-22(15-20)31(35,36)37/h5-6,8,11,14-17,27,40H,3,7,9-10,12-13,18-19H2,1H3,(H,41,42)/t27?,29-/m1/s1. The Morgan fingerprint density at radius 3 is 2.42 bits per heavy atom. The largest absolute Gasteiger partial charge is 0.497 e. The summed E-state index contributed by atoms with van der Waals surface area (Å²) in [5.41, 5.74) is -2.71. The summed E-state index contributed by atoms with van der Waals surface area (Å²) in [6.07, 6.45) is -7.64. The fraction of sp³-hybridized carbons (Fsp3) is 0.419. The summed E-state index contributed by atoms with van der Waals surface area (Å²) < 4.78 is 84.4. The number of hydrogen-bond donors (Lipinski definition) is 2. The summed E-state index contributed by atoms with van der Waals surface area (Å²) in [6.45, 7) is 0.849. The average molecular weight is 609 g/mol. The minimum absolute atomic E-state index is 0.0241. The van der Waals surface area contributed by atoms with E-state index in [1.807, 2.05) is 4.90 Å². The Morgan fingerprint density at radius 1 is 1.09 bits per heavy atom. The number of fused-ring (bicyclic) bond motifs is 1. The van der Waals surface area contributed by atoms with Gasteiger partial charge in [0.15, 0.2) is 0 Å². The van der Waals surface area contributed by atoms with Gasteiger partial charge in [-0.2, -0.15) is 26.3 Å². The minimum Gasteiger partial charge on any atom is -0.497 e. The first-order valence-electron chi connectivity index (χ1n) is 13.5. The van der Waals surface area contributed by atoms with Crippen molar-refractivity contribution >= 4 is 16.9 Å². The van der Waals surface area contributed by atoms with Crippen molar-refractivity contribution in [2.24, 2.45) is 5.41 Å². The summed E-state index contributed by atoms with van der Waals surface area (Å²) in [5.74, 6) is 4.67. The van der Waals surface area contributed by atoms with E-state index in [9.17, 15) is 41.4 Å². The molecule has 0 radical (unpaired) electrons. The molecule has 3 aromatic rings. The van der Waals surface area contributed by atoms with E-state index in [-0.39, 0.29) is 25.5 Å². The molecule has 2 atom stereocenters. The summed E-state index contributed by atoms with van der Waals surface area (Å²) >= 11 is 0. The number of carbonyl (C=O) groups is 1. The molecule has 0 spiro atoms. The molecular weight excluding hydrogens is 578 g/mol. The molecule has 0 bridgehead atoms. The van der Waals surface area contributed by atoms with Crippen LogP contribution < -0.4 is 4.74 Å². The summed E-state index contributed by atoms with van der Waals surface area (Å²) in [5, 5.41) is 21.5. The number of benzene rings is 2. The fourth-order valence-corrected chi connectivity index (χ4v) is 5.65. The number of carboxylic acid groups (broad SMARTS) is 1. The van der Waals surface area contributed by atoms with Crippen molar-refractivity contribution in [1.29, 1.82) is 0 Å². The molecule has 4 rings (SSSR count). The topological polar surface area (TPSA) is 82.9 Å². The SMILES string of the molecule is COc1ccc2nccc(C(O)CC[C@@]3(CC(=O)O)CCCN(CC#Cc4cc(C(F)(F)F)cc(C(F)(F)F)c4)C3)c2c1. The minimum atomic E-state index is -4.97. The van der Waals surface area contributed by atoms with Gasteiger partial charge in [-0.25, -0.2) is 0 Å². The molecule has 1 saturated heterocycles. The summed E-state index contributed by atoms with van der Waals surface area (Å²) in [4.78, 5) is 18.0. The Labute approximate surface area is 244 Å². The molecule has 1 fully saturated rings. The van der Waals surface area contributed by atoms with Crippen LogP contribution in [0.1, 0.15) is 60.5 Å². The van der Waals surface area contributed by atoms with Gasteiger partial charge in [0, 0.05) is 23.7 Å². The van der Waals surface area contributed by atoms with Gasteiger partial charge < -0.3 is 14.9 Å². The highest BCUT2D eigenvalue weighted by atomic mass is 19.4. The maximum Gasteiger partial charge on any atom is 0.416 e. The van der Waals surface area contributed by atoms with Crippen molar-refractivity contribution in [3.05, 3.63) is 70.9 Å². The zero-order valence-corrected chi connectivity index (χ0v) is 23.2. The lowest BCUT2D eigenvalue weighted by Crippen LogP contribution is -2.44. The number of likely N-dealkylation sites (tertiary alicyclic amines) is 1. The van der Waals surface area contributed by atoms with Crippen LogP contribution in [0.3, 0.4) is 0 Å². The van der Waals surface area contributed by atoms with E-state index in [1.54, 1.807) is 30.5 Å². The van der Waals surface area contributed by atoms with Crippen LogP contribution in [0.15, 0.2) is 48.7 Å². The van der Waals surface area contributed by atoms with Crippen LogP contribution >= 0.6 is 0 Å². The molecular formula is C31H30F6N2O4. The van der Waals surface area contributed by atoms with Gasteiger partial charge in [-0.3, -0.25) is 14.7 Å². The second kappa shape index (κ2) is 12.8. The first kappa shape index (κ1) is 32.1. The van der Waals surface area contributed by atoms with Crippen LogP contribution in [0.25, 0.3) is 10.9 Å². The van der Waals surface area contributed by atoms with E-state index >= 15 is 0 Å². The third kappa shape index (κ3) is 8.18. The molecule has 43 heavy (non-hydrogen) atoms. The number of aliphatic hydroxyl groups is 1. The van der Waals surface area contributed by atoms with Gasteiger partial charge in [0.1, 0.15) is 5.75 Å². The summed E-state index contributed by atoms with van der Waals surface area (Å²) in [7, 11) is 1.53. The third-order valence-corrected chi connectivity index (χ3v) is 7.68. The zero-order chi connectivity index (χ0) is 31.4. The van der Waals surface area contributed by atoms with Gasteiger partial charge in [0.05, 0.1) is 42.8 Å². The Balaban J connectivity index is 1.50. The third-order valence-electron chi connectivity index (χ3n) is 7.68. The first-order chi connectivity index (χ1) is 20.2. The van der Waals surface area contributed by atoms with E-state index < -0.39 is 46.5 Å². The van der Waals surface area contributed by atoms with Gasteiger partial charge >= 0.3 is 18.3 Å². The molecule has 0 saturated carbocycles. The maximum absolute atomic E-state index is 13.2. The number of carboxylic acids is 1. The number of hydrogen-bond acceptors (Lipinski definition) is 5. The molecule has 2 heterocycles. The lowest BCUT2D eigenvalue weighted by Gasteiger charge is -2.42. The van der Waals surface area contributed by atoms with Crippen LogP contribution in [0, 0.1) is 17.3 Å². The van der Waals surface area contributed by atoms with Crippen molar-refractivity contribution in [2.75, 3.05) is 26.7 Å². The predicted octanol–water partition coefficient (Wildman–Crippen LogP) is 6.70.